The van der Waals surface area contributed by atoms with E-state index in [1.54, 1.807) is 13.0 Å². The Labute approximate surface area is 141 Å². The van der Waals surface area contributed by atoms with E-state index in [0.29, 0.717) is 40.5 Å². The third-order valence-electron chi connectivity index (χ3n) is 3.77. The number of carbonyl (C=O) groups excluding carboxylic acids is 1. The van der Waals surface area contributed by atoms with Gasteiger partial charge in [0, 0.05) is 24.9 Å². The first kappa shape index (κ1) is 16.9. The van der Waals surface area contributed by atoms with E-state index in [1.165, 1.54) is 13.2 Å². The van der Waals surface area contributed by atoms with Gasteiger partial charge in [0.2, 0.25) is 5.95 Å². The highest BCUT2D eigenvalue weighted by atomic mass is 19.3. The van der Waals surface area contributed by atoms with Crippen molar-refractivity contribution in [3.8, 4) is 11.3 Å². The van der Waals surface area contributed by atoms with Crippen molar-refractivity contribution in [2.45, 2.75) is 19.6 Å². The second kappa shape index (κ2) is 6.49. The average Bonchev–Trinajstić information content (AvgIpc) is 2.91. The van der Waals surface area contributed by atoms with Crippen LogP contribution in [-0.2, 0) is 4.74 Å². The summed E-state index contributed by atoms with van der Waals surface area (Å²) in [5.41, 5.74) is 7.02. The Morgan fingerprint density at radius 1 is 1.44 bits per heavy atom. The second-order valence-corrected chi connectivity index (χ2v) is 5.54. The Morgan fingerprint density at radius 3 is 2.76 bits per heavy atom. The number of alkyl halides is 2. The number of nitrogens with zero attached hydrogens (tertiary/aromatic N) is 5. The van der Waals surface area contributed by atoms with E-state index in [4.69, 9.17) is 10.5 Å². The lowest BCUT2D eigenvalue weighted by atomic mass is 10.1. The number of carbonyl (C=O) groups is 1. The molecule has 0 atom stereocenters. The molecule has 0 unspecified atom stereocenters. The molecular weight excluding hydrogens is 336 g/mol. The summed E-state index contributed by atoms with van der Waals surface area (Å²) in [6.45, 7) is -0.204. The largest absolute Gasteiger partial charge is 0.442 e. The van der Waals surface area contributed by atoms with E-state index in [2.05, 4.69) is 20.4 Å². The number of hydrogen-bond donors (Lipinski definition) is 2. The molecule has 0 spiro atoms. The van der Waals surface area contributed by atoms with E-state index in [9.17, 15) is 13.6 Å². The van der Waals surface area contributed by atoms with Crippen LogP contribution >= 0.6 is 0 Å². The van der Waals surface area contributed by atoms with E-state index in [-0.39, 0.29) is 12.1 Å². The monoisotopic (exact) mass is 353 g/mol. The molecule has 2 aromatic heterocycles. The van der Waals surface area contributed by atoms with E-state index in [0.717, 1.165) is 0 Å². The number of aromatic nitrogens is 4. The SMILES string of the molecule is CNC(=O)OC1CN(c2cc(-c3cn(C(F)F)nc3C)nc(N)n2)C1. The molecule has 134 valence electrons. The van der Waals surface area contributed by atoms with Gasteiger partial charge in [-0.3, -0.25) is 0 Å². The van der Waals surface area contributed by atoms with Gasteiger partial charge >= 0.3 is 12.6 Å². The van der Waals surface area contributed by atoms with Crippen LogP contribution in [0.5, 0.6) is 0 Å². The molecule has 1 aliphatic heterocycles. The Hall–Kier alpha value is -2.98. The van der Waals surface area contributed by atoms with Gasteiger partial charge < -0.3 is 20.7 Å². The van der Waals surface area contributed by atoms with Crippen LogP contribution in [-0.4, -0.2) is 52.1 Å². The second-order valence-electron chi connectivity index (χ2n) is 5.54. The van der Waals surface area contributed by atoms with Crippen LogP contribution in [0.1, 0.15) is 12.2 Å². The van der Waals surface area contributed by atoms with Gasteiger partial charge in [-0.1, -0.05) is 0 Å². The Morgan fingerprint density at radius 2 is 2.16 bits per heavy atom. The van der Waals surface area contributed by atoms with Crippen LogP contribution in [0.2, 0.25) is 0 Å². The first-order valence-corrected chi connectivity index (χ1v) is 7.49. The fourth-order valence-corrected chi connectivity index (χ4v) is 2.50. The molecule has 0 aromatic carbocycles. The molecule has 0 radical (unpaired) electrons. The van der Waals surface area contributed by atoms with Crippen LogP contribution in [0, 0.1) is 6.92 Å². The summed E-state index contributed by atoms with van der Waals surface area (Å²) in [5.74, 6) is 0.552. The highest BCUT2D eigenvalue weighted by Crippen LogP contribution is 2.28. The molecule has 2 aromatic rings. The molecule has 9 nitrogen and oxygen atoms in total. The summed E-state index contributed by atoms with van der Waals surface area (Å²) < 4.78 is 31.3. The molecule has 11 heteroatoms. The molecule has 1 aliphatic rings. The zero-order valence-electron chi connectivity index (χ0n) is 13.6. The smallest absolute Gasteiger partial charge is 0.407 e. The van der Waals surface area contributed by atoms with Gasteiger partial charge in [0.05, 0.1) is 24.5 Å². The summed E-state index contributed by atoms with van der Waals surface area (Å²) in [5, 5.41) is 6.15. The quantitative estimate of drug-likeness (QED) is 0.849. The van der Waals surface area contributed by atoms with Gasteiger partial charge in [0.1, 0.15) is 11.9 Å². The first-order chi connectivity index (χ1) is 11.9. The third-order valence-corrected chi connectivity index (χ3v) is 3.77. The van der Waals surface area contributed by atoms with Gasteiger partial charge in [-0.15, -0.1) is 0 Å². The number of amides is 1. The number of halogens is 2. The number of hydrogen-bond acceptors (Lipinski definition) is 7. The average molecular weight is 353 g/mol. The predicted octanol–water partition coefficient (Wildman–Crippen LogP) is 1.17. The van der Waals surface area contributed by atoms with E-state index >= 15 is 0 Å². The summed E-state index contributed by atoms with van der Waals surface area (Å²) in [6, 6.07) is 1.65. The van der Waals surface area contributed by atoms with Crippen LogP contribution in [0.3, 0.4) is 0 Å². The van der Waals surface area contributed by atoms with Crippen molar-refractivity contribution in [1.82, 2.24) is 25.1 Å². The number of nitrogens with one attached hydrogen (secondary N) is 1. The molecule has 1 amide bonds. The number of ether oxygens (including phenoxy) is 1. The zero-order chi connectivity index (χ0) is 18.1. The molecule has 3 rings (SSSR count). The maximum Gasteiger partial charge on any atom is 0.407 e. The molecule has 0 aliphatic carbocycles. The van der Waals surface area contributed by atoms with Gasteiger partial charge in [-0.2, -0.15) is 18.9 Å². The highest BCUT2D eigenvalue weighted by Gasteiger charge is 2.31. The molecule has 1 saturated heterocycles. The number of alkyl carbamates (subject to hydrolysis) is 1. The topological polar surface area (TPSA) is 111 Å². The van der Waals surface area contributed by atoms with Crippen molar-refractivity contribution in [1.29, 1.82) is 0 Å². The molecule has 1 fully saturated rings. The summed E-state index contributed by atoms with van der Waals surface area (Å²) in [7, 11) is 1.48. The van der Waals surface area contributed by atoms with Crippen molar-refractivity contribution >= 4 is 17.9 Å². The van der Waals surface area contributed by atoms with Crippen LogP contribution < -0.4 is 16.0 Å². The highest BCUT2D eigenvalue weighted by molar-refractivity contribution is 5.68. The summed E-state index contributed by atoms with van der Waals surface area (Å²) in [6.07, 6.45) is 0.476. The fourth-order valence-electron chi connectivity index (χ4n) is 2.50. The maximum atomic E-state index is 12.8. The summed E-state index contributed by atoms with van der Waals surface area (Å²) in [4.78, 5) is 21.3. The minimum Gasteiger partial charge on any atom is -0.442 e. The Bertz CT molecular complexity index is 789. The van der Waals surface area contributed by atoms with Gasteiger partial charge in [0.25, 0.3) is 0 Å². The van der Waals surface area contributed by atoms with Gasteiger partial charge in [-0.25, -0.2) is 14.5 Å². The van der Waals surface area contributed by atoms with Gasteiger partial charge in [-0.05, 0) is 6.92 Å². The lowest BCUT2D eigenvalue weighted by Gasteiger charge is -2.39. The maximum absolute atomic E-state index is 12.8. The van der Waals surface area contributed by atoms with Crippen LogP contribution in [0.4, 0.5) is 25.3 Å². The molecule has 0 saturated carbocycles. The molecular formula is C14H17F2N7O2. The summed E-state index contributed by atoms with van der Waals surface area (Å²) >= 11 is 0. The van der Waals surface area contributed by atoms with Crippen molar-refractivity contribution in [3.05, 3.63) is 18.0 Å². The standard InChI is InChI=1S/C14H17F2N7O2/c1-7-9(6-23(21-7)12(15)16)10-3-11(20-13(17)19-10)22-4-8(5-22)25-14(24)18-2/h3,6,8,12H,4-5H2,1-2H3,(H,18,24)(H2,17,19,20). The fraction of sp³-hybridized carbons (Fsp3) is 0.429. The molecule has 25 heavy (non-hydrogen) atoms. The third kappa shape index (κ3) is 3.44. The Balaban J connectivity index is 1.79. The van der Waals surface area contributed by atoms with E-state index < -0.39 is 12.6 Å². The van der Waals surface area contributed by atoms with Crippen LogP contribution in [0.15, 0.2) is 12.3 Å². The van der Waals surface area contributed by atoms with Crippen molar-refractivity contribution in [2.24, 2.45) is 0 Å². The Kier molecular flexibility index (Phi) is 4.38. The normalized spacial score (nSPS) is 14.5. The number of nitrogen functional groups attached to an aromatic ring is 1. The lowest BCUT2D eigenvalue weighted by molar-refractivity contribution is 0.0563. The van der Waals surface area contributed by atoms with Crippen molar-refractivity contribution in [3.63, 3.8) is 0 Å². The minimum atomic E-state index is -2.73. The van der Waals surface area contributed by atoms with E-state index in [1.807, 2.05) is 4.90 Å². The lowest BCUT2D eigenvalue weighted by Crippen LogP contribution is -2.54. The molecule has 3 heterocycles. The number of aryl methyl sites for hydroxylation is 1. The zero-order valence-corrected chi connectivity index (χ0v) is 13.6. The van der Waals surface area contributed by atoms with Crippen LogP contribution in [0.25, 0.3) is 11.3 Å². The number of anilines is 2. The predicted molar refractivity (Wildman–Crippen MR) is 85.2 cm³/mol. The molecule has 3 N–H and O–H groups in total. The minimum absolute atomic E-state index is 0.0207. The van der Waals surface area contributed by atoms with Crippen molar-refractivity contribution < 1.29 is 18.3 Å². The van der Waals surface area contributed by atoms with Gasteiger partial charge in [0.15, 0.2) is 0 Å². The number of nitrogens with two attached hydrogens (primary N) is 1. The van der Waals surface area contributed by atoms with Crippen molar-refractivity contribution in [2.75, 3.05) is 30.8 Å². The first-order valence-electron chi connectivity index (χ1n) is 7.49. The molecule has 0 bridgehead atoms. The number of rotatable bonds is 4.